The second-order valence-corrected chi connectivity index (χ2v) is 6.17. The number of halogens is 1. The molecule has 0 fully saturated rings. The molecule has 116 valence electrons. The van der Waals surface area contributed by atoms with Crippen molar-refractivity contribution in [3.63, 3.8) is 0 Å². The molecule has 0 atom stereocenters. The van der Waals surface area contributed by atoms with Gasteiger partial charge in [-0.05, 0) is 57.2 Å². The summed E-state index contributed by atoms with van der Waals surface area (Å²) in [5.41, 5.74) is 6.78. The van der Waals surface area contributed by atoms with Crippen LogP contribution < -0.4 is 0 Å². The lowest BCUT2D eigenvalue weighted by molar-refractivity contribution is 0.964. The van der Waals surface area contributed by atoms with E-state index in [2.05, 4.69) is 60.7 Å². The molecule has 0 radical (unpaired) electrons. The summed E-state index contributed by atoms with van der Waals surface area (Å²) in [6.07, 6.45) is 1.90. The molecule has 23 heavy (non-hydrogen) atoms. The SMILES string of the molecule is Cc1ccc(-n2c(C)cc(C=Nc3cccc(Cl)c3)c2C)cc1. The highest BCUT2D eigenvalue weighted by atomic mass is 35.5. The van der Waals surface area contributed by atoms with Crippen molar-refractivity contribution < 1.29 is 0 Å². The van der Waals surface area contributed by atoms with Gasteiger partial charge >= 0.3 is 0 Å². The van der Waals surface area contributed by atoms with E-state index >= 15 is 0 Å². The summed E-state index contributed by atoms with van der Waals surface area (Å²) in [5, 5.41) is 0.699. The van der Waals surface area contributed by atoms with Gasteiger partial charge in [0.2, 0.25) is 0 Å². The minimum Gasteiger partial charge on any atom is -0.318 e. The van der Waals surface area contributed by atoms with Crippen molar-refractivity contribution in [2.45, 2.75) is 20.8 Å². The summed E-state index contributed by atoms with van der Waals surface area (Å²) in [5.74, 6) is 0. The van der Waals surface area contributed by atoms with Gasteiger partial charge in [0.15, 0.2) is 0 Å². The fourth-order valence-electron chi connectivity index (χ4n) is 2.71. The molecule has 0 spiro atoms. The minimum absolute atomic E-state index is 0.699. The standard InChI is InChI=1S/C20H19ClN2/c1-14-7-9-20(10-8-14)23-15(2)11-17(16(23)3)13-22-19-6-4-5-18(21)12-19/h4-13H,1-3H3. The Labute approximate surface area is 142 Å². The average molecular weight is 323 g/mol. The first kappa shape index (κ1) is 15.6. The molecule has 2 nitrogen and oxygen atoms in total. The summed E-state index contributed by atoms with van der Waals surface area (Å²) < 4.78 is 2.25. The van der Waals surface area contributed by atoms with Gasteiger partial charge in [-0.25, -0.2) is 0 Å². The molecule has 0 saturated carbocycles. The van der Waals surface area contributed by atoms with E-state index in [0.29, 0.717) is 5.02 Å². The molecule has 0 aliphatic rings. The molecule has 1 heterocycles. The molecule has 3 rings (SSSR count). The summed E-state index contributed by atoms with van der Waals surface area (Å²) in [7, 11) is 0. The van der Waals surface area contributed by atoms with Crippen LogP contribution in [-0.2, 0) is 0 Å². The van der Waals surface area contributed by atoms with Crippen LogP contribution >= 0.6 is 11.6 Å². The van der Waals surface area contributed by atoms with Crippen LogP contribution in [0.3, 0.4) is 0 Å². The smallest absolute Gasteiger partial charge is 0.0644 e. The van der Waals surface area contributed by atoms with Crippen molar-refractivity contribution >= 4 is 23.5 Å². The molecular weight excluding hydrogens is 304 g/mol. The van der Waals surface area contributed by atoms with Crippen molar-refractivity contribution in [3.05, 3.63) is 82.1 Å². The number of benzene rings is 2. The second kappa shape index (κ2) is 6.43. The van der Waals surface area contributed by atoms with Crippen LogP contribution in [0.2, 0.25) is 5.02 Å². The molecule has 2 aromatic carbocycles. The Morgan fingerprint density at radius 1 is 0.957 bits per heavy atom. The van der Waals surface area contributed by atoms with Crippen molar-refractivity contribution in [1.82, 2.24) is 4.57 Å². The van der Waals surface area contributed by atoms with Gasteiger partial charge in [0.05, 0.1) is 5.69 Å². The van der Waals surface area contributed by atoms with Gasteiger partial charge in [-0.15, -0.1) is 0 Å². The van der Waals surface area contributed by atoms with Gasteiger partial charge in [0.1, 0.15) is 0 Å². The maximum absolute atomic E-state index is 6.00. The Morgan fingerprint density at radius 3 is 2.39 bits per heavy atom. The monoisotopic (exact) mass is 322 g/mol. The summed E-state index contributed by atoms with van der Waals surface area (Å²) in [6, 6.07) is 18.3. The summed E-state index contributed by atoms with van der Waals surface area (Å²) in [4.78, 5) is 4.54. The molecule has 0 bridgehead atoms. The molecular formula is C20H19ClN2. The number of aliphatic imine (C=N–C) groups is 1. The molecule has 3 aromatic rings. The van der Waals surface area contributed by atoms with E-state index in [-0.39, 0.29) is 0 Å². The van der Waals surface area contributed by atoms with Gasteiger partial charge in [0.25, 0.3) is 0 Å². The van der Waals surface area contributed by atoms with Crippen LogP contribution in [0, 0.1) is 20.8 Å². The van der Waals surface area contributed by atoms with Gasteiger partial charge in [-0.2, -0.15) is 0 Å². The molecule has 0 aliphatic heterocycles. The first-order chi connectivity index (χ1) is 11.0. The predicted molar refractivity (Wildman–Crippen MR) is 98.7 cm³/mol. The molecule has 0 saturated heterocycles. The topological polar surface area (TPSA) is 17.3 Å². The van der Waals surface area contributed by atoms with Crippen molar-refractivity contribution in [1.29, 1.82) is 0 Å². The van der Waals surface area contributed by atoms with Crippen molar-refractivity contribution in [3.8, 4) is 5.69 Å². The fourth-order valence-corrected chi connectivity index (χ4v) is 2.89. The number of rotatable bonds is 3. The number of aromatic nitrogens is 1. The fraction of sp³-hybridized carbons (Fsp3) is 0.150. The Kier molecular flexibility index (Phi) is 4.35. The quantitative estimate of drug-likeness (QED) is 0.542. The maximum Gasteiger partial charge on any atom is 0.0644 e. The maximum atomic E-state index is 6.00. The number of hydrogen-bond donors (Lipinski definition) is 0. The zero-order valence-corrected chi connectivity index (χ0v) is 14.3. The molecule has 3 heteroatoms. The third-order valence-corrected chi connectivity index (χ3v) is 4.16. The van der Waals surface area contributed by atoms with E-state index in [1.54, 1.807) is 0 Å². The lowest BCUT2D eigenvalue weighted by Gasteiger charge is -2.09. The first-order valence-electron chi connectivity index (χ1n) is 7.60. The molecule has 1 aromatic heterocycles. The predicted octanol–water partition coefficient (Wildman–Crippen LogP) is 5.81. The highest BCUT2D eigenvalue weighted by Crippen LogP contribution is 2.22. The lowest BCUT2D eigenvalue weighted by Crippen LogP contribution is -1.99. The van der Waals surface area contributed by atoms with Crippen LogP contribution in [0.4, 0.5) is 5.69 Å². The van der Waals surface area contributed by atoms with E-state index < -0.39 is 0 Å². The van der Waals surface area contributed by atoms with Gasteiger partial charge in [0, 0.05) is 33.9 Å². The molecule has 0 unspecified atom stereocenters. The van der Waals surface area contributed by atoms with E-state index in [1.807, 2.05) is 30.5 Å². The summed E-state index contributed by atoms with van der Waals surface area (Å²) >= 11 is 6.00. The molecule has 0 amide bonds. The van der Waals surface area contributed by atoms with Crippen LogP contribution in [0.5, 0.6) is 0 Å². The third kappa shape index (κ3) is 3.38. The van der Waals surface area contributed by atoms with Crippen LogP contribution in [-0.4, -0.2) is 10.8 Å². The second-order valence-electron chi connectivity index (χ2n) is 5.74. The Morgan fingerprint density at radius 2 is 1.70 bits per heavy atom. The van der Waals surface area contributed by atoms with Gasteiger partial charge in [-0.1, -0.05) is 35.4 Å². The van der Waals surface area contributed by atoms with Gasteiger partial charge < -0.3 is 4.57 Å². The highest BCUT2D eigenvalue weighted by molar-refractivity contribution is 6.30. The Bertz CT molecular complexity index is 858. The largest absolute Gasteiger partial charge is 0.318 e. The van der Waals surface area contributed by atoms with E-state index in [9.17, 15) is 0 Å². The normalized spacial score (nSPS) is 11.3. The van der Waals surface area contributed by atoms with E-state index in [0.717, 1.165) is 11.3 Å². The zero-order valence-electron chi connectivity index (χ0n) is 13.5. The van der Waals surface area contributed by atoms with Crippen LogP contribution in [0.25, 0.3) is 5.69 Å². The van der Waals surface area contributed by atoms with Crippen LogP contribution in [0.1, 0.15) is 22.5 Å². The minimum atomic E-state index is 0.699. The number of hydrogen-bond acceptors (Lipinski definition) is 1. The van der Waals surface area contributed by atoms with E-state index in [4.69, 9.17) is 11.6 Å². The number of nitrogens with zero attached hydrogens (tertiary/aromatic N) is 2. The third-order valence-electron chi connectivity index (χ3n) is 3.92. The Hall–Kier alpha value is -2.32. The van der Waals surface area contributed by atoms with Gasteiger partial charge in [-0.3, -0.25) is 4.99 Å². The van der Waals surface area contributed by atoms with Crippen molar-refractivity contribution in [2.75, 3.05) is 0 Å². The number of aryl methyl sites for hydroxylation is 2. The summed E-state index contributed by atoms with van der Waals surface area (Å²) in [6.45, 7) is 6.33. The zero-order chi connectivity index (χ0) is 16.4. The highest BCUT2D eigenvalue weighted by Gasteiger charge is 2.09. The molecule has 0 aliphatic carbocycles. The average Bonchev–Trinajstić information content (AvgIpc) is 2.81. The van der Waals surface area contributed by atoms with Crippen LogP contribution in [0.15, 0.2) is 59.6 Å². The first-order valence-corrected chi connectivity index (χ1v) is 7.98. The Balaban J connectivity index is 1.96. The molecule has 0 N–H and O–H groups in total. The van der Waals surface area contributed by atoms with E-state index in [1.165, 1.54) is 22.6 Å². The van der Waals surface area contributed by atoms with Crippen molar-refractivity contribution in [2.24, 2.45) is 4.99 Å². The lowest BCUT2D eigenvalue weighted by atomic mass is 10.2.